The van der Waals surface area contributed by atoms with E-state index in [1.807, 2.05) is 24.3 Å². The SMILES string of the molecule is CS(=O)(=O)N1Cc2ccccc2C[C@H]1C(=O)Nc1cc(Cl)ccc1-n1cncn1. The molecule has 1 aliphatic heterocycles. The van der Waals surface area contributed by atoms with E-state index in [4.69, 9.17) is 11.6 Å². The van der Waals surface area contributed by atoms with Gasteiger partial charge in [0.25, 0.3) is 0 Å². The molecule has 150 valence electrons. The summed E-state index contributed by atoms with van der Waals surface area (Å²) >= 11 is 6.11. The summed E-state index contributed by atoms with van der Waals surface area (Å²) in [5, 5.41) is 7.34. The van der Waals surface area contributed by atoms with Crippen molar-refractivity contribution in [2.24, 2.45) is 0 Å². The monoisotopic (exact) mass is 431 g/mol. The first-order chi connectivity index (χ1) is 13.8. The largest absolute Gasteiger partial charge is 0.323 e. The Kier molecular flexibility index (Phi) is 5.12. The molecule has 0 radical (unpaired) electrons. The smallest absolute Gasteiger partial charge is 0.243 e. The molecule has 10 heteroatoms. The highest BCUT2D eigenvalue weighted by Crippen LogP contribution is 2.28. The number of rotatable bonds is 4. The van der Waals surface area contributed by atoms with Crippen molar-refractivity contribution in [3.8, 4) is 5.69 Å². The van der Waals surface area contributed by atoms with Crippen LogP contribution >= 0.6 is 11.6 Å². The molecule has 8 nitrogen and oxygen atoms in total. The Bertz CT molecular complexity index is 1160. The van der Waals surface area contributed by atoms with Crippen LogP contribution in [0.5, 0.6) is 0 Å². The van der Waals surface area contributed by atoms with Gasteiger partial charge in [0.15, 0.2) is 0 Å². The molecule has 0 fully saturated rings. The standard InChI is InChI=1S/C19H18ClN5O3S/c1-29(27,28)25-10-14-5-3-2-4-13(14)8-18(25)19(26)23-16-9-15(20)6-7-17(16)24-12-21-11-22-24/h2-7,9,11-12,18H,8,10H2,1H3,(H,23,26)/t18-/m0/s1. The zero-order valence-corrected chi connectivity index (χ0v) is 17.1. The van der Waals surface area contributed by atoms with Crippen LogP contribution < -0.4 is 5.32 Å². The third kappa shape index (κ3) is 4.02. The first kappa shape index (κ1) is 19.6. The van der Waals surface area contributed by atoms with E-state index in [0.29, 0.717) is 16.4 Å². The van der Waals surface area contributed by atoms with E-state index in [2.05, 4.69) is 15.4 Å². The summed E-state index contributed by atoms with van der Waals surface area (Å²) in [6.07, 6.45) is 4.28. The number of nitrogens with zero attached hydrogens (tertiary/aromatic N) is 4. The number of sulfonamides is 1. The average molecular weight is 432 g/mol. The van der Waals surface area contributed by atoms with Crippen LogP contribution in [0.1, 0.15) is 11.1 Å². The minimum atomic E-state index is -3.60. The van der Waals surface area contributed by atoms with Gasteiger partial charge in [-0.15, -0.1) is 0 Å². The number of carbonyl (C=O) groups excluding carboxylic acids is 1. The molecule has 1 aliphatic rings. The van der Waals surface area contributed by atoms with E-state index in [9.17, 15) is 13.2 Å². The molecule has 1 aromatic heterocycles. The minimum Gasteiger partial charge on any atom is -0.323 e. The molecule has 29 heavy (non-hydrogen) atoms. The quantitative estimate of drug-likeness (QED) is 0.683. The number of hydrogen-bond donors (Lipinski definition) is 1. The molecule has 0 bridgehead atoms. The summed E-state index contributed by atoms with van der Waals surface area (Å²) in [7, 11) is -3.60. The summed E-state index contributed by atoms with van der Waals surface area (Å²) in [6, 6.07) is 11.6. The first-order valence-electron chi connectivity index (χ1n) is 8.82. The van der Waals surface area contributed by atoms with E-state index in [1.54, 1.807) is 18.2 Å². The van der Waals surface area contributed by atoms with Gasteiger partial charge in [-0.3, -0.25) is 4.79 Å². The van der Waals surface area contributed by atoms with Crippen molar-refractivity contribution in [3.05, 3.63) is 71.3 Å². The molecule has 0 saturated heterocycles. The first-order valence-corrected chi connectivity index (χ1v) is 11.0. The zero-order chi connectivity index (χ0) is 20.6. The Morgan fingerprint density at radius 1 is 1.21 bits per heavy atom. The van der Waals surface area contributed by atoms with Crippen LogP contribution in [0, 0.1) is 0 Å². The molecule has 0 unspecified atom stereocenters. The number of hydrogen-bond acceptors (Lipinski definition) is 5. The van der Waals surface area contributed by atoms with Crippen molar-refractivity contribution in [3.63, 3.8) is 0 Å². The van der Waals surface area contributed by atoms with Gasteiger partial charge in [-0.25, -0.2) is 18.1 Å². The van der Waals surface area contributed by atoms with Gasteiger partial charge >= 0.3 is 0 Å². The lowest BCUT2D eigenvalue weighted by Gasteiger charge is -2.34. The normalized spacial score (nSPS) is 17.0. The Morgan fingerprint density at radius 3 is 2.66 bits per heavy atom. The van der Waals surface area contributed by atoms with Crippen LogP contribution in [-0.2, 0) is 27.8 Å². The fourth-order valence-electron chi connectivity index (χ4n) is 3.43. The van der Waals surface area contributed by atoms with Crippen molar-refractivity contribution in [2.45, 2.75) is 19.0 Å². The van der Waals surface area contributed by atoms with Crippen LogP contribution in [0.15, 0.2) is 55.1 Å². The van der Waals surface area contributed by atoms with E-state index in [0.717, 1.165) is 17.4 Å². The fraction of sp³-hybridized carbons (Fsp3) is 0.211. The number of amides is 1. The van der Waals surface area contributed by atoms with Gasteiger partial charge in [-0.2, -0.15) is 9.40 Å². The Balaban J connectivity index is 1.68. The summed E-state index contributed by atoms with van der Waals surface area (Å²) in [6.45, 7) is 0.151. The van der Waals surface area contributed by atoms with Crippen LogP contribution in [-0.4, -0.2) is 45.7 Å². The van der Waals surface area contributed by atoms with Gasteiger partial charge in [0.1, 0.15) is 18.7 Å². The Hall–Kier alpha value is -2.75. The molecular weight excluding hydrogens is 414 g/mol. The summed E-state index contributed by atoms with van der Waals surface area (Å²) in [5.41, 5.74) is 2.84. The second-order valence-corrected chi connectivity index (χ2v) is 9.16. The molecule has 4 rings (SSSR count). The predicted molar refractivity (Wildman–Crippen MR) is 109 cm³/mol. The van der Waals surface area contributed by atoms with E-state index < -0.39 is 22.0 Å². The van der Waals surface area contributed by atoms with Crippen molar-refractivity contribution >= 4 is 33.2 Å². The molecule has 0 spiro atoms. The van der Waals surface area contributed by atoms with Crippen molar-refractivity contribution in [1.82, 2.24) is 19.1 Å². The van der Waals surface area contributed by atoms with Gasteiger partial charge in [-0.05, 0) is 35.7 Å². The number of carbonyl (C=O) groups is 1. The molecule has 0 saturated carbocycles. The zero-order valence-electron chi connectivity index (χ0n) is 15.5. The van der Waals surface area contributed by atoms with E-state index in [-0.39, 0.29) is 13.0 Å². The van der Waals surface area contributed by atoms with Gasteiger partial charge in [0, 0.05) is 11.6 Å². The molecule has 1 N–H and O–H groups in total. The number of nitrogens with one attached hydrogen (secondary N) is 1. The molecule has 0 aliphatic carbocycles. The number of fused-ring (bicyclic) bond motifs is 1. The second kappa shape index (κ2) is 7.58. The molecule has 1 amide bonds. The predicted octanol–water partition coefficient (Wildman–Crippen LogP) is 2.25. The Morgan fingerprint density at radius 2 is 1.97 bits per heavy atom. The number of anilines is 1. The molecule has 3 aromatic rings. The van der Waals surface area contributed by atoms with Gasteiger partial charge in [-0.1, -0.05) is 35.9 Å². The average Bonchev–Trinajstić information content (AvgIpc) is 3.21. The fourth-order valence-corrected chi connectivity index (χ4v) is 4.61. The van der Waals surface area contributed by atoms with Crippen LogP contribution in [0.2, 0.25) is 5.02 Å². The summed E-state index contributed by atoms with van der Waals surface area (Å²) in [4.78, 5) is 17.1. The van der Waals surface area contributed by atoms with Crippen LogP contribution in [0.3, 0.4) is 0 Å². The summed E-state index contributed by atoms with van der Waals surface area (Å²) < 4.78 is 27.5. The summed E-state index contributed by atoms with van der Waals surface area (Å²) in [5.74, 6) is -0.437. The maximum Gasteiger partial charge on any atom is 0.243 e. The molecule has 2 aromatic carbocycles. The lowest BCUT2D eigenvalue weighted by Crippen LogP contribution is -2.50. The highest BCUT2D eigenvalue weighted by Gasteiger charge is 2.37. The second-order valence-electron chi connectivity index (χ2n) is 6.79. The van der Waals surface area contributed by atoms with Crippen molar-refractivity contribution in [2.75, 3.05) is 11.6 Å². The van der Waals surface area contributed by atoms with Gasteiger partial charge < -0.3 is 5.32 Å². The van der Waals surface area contributed by atoms with Gasteiger partial charge in [0.05, 0.1) is 17.6 Å². The minimum absolute atomic E-state index is 0.151. The number of benzene rings is 2. The maximum absolute atomic E-state index is 13.2. The van der Waals surface area contributed by atoms with E-state index >= 15 is 0 Å². The van der Waals surface area contributed by atoms with Crippen molar-refractivity contribution in [1.29, 1.82) is 0 Å². The lowest BCUT2D eigenvalue weighted by atomic mass is 9.95. The topological polar surface area (TPSA) is 97.2 Å². The third-order valence-corrected chi connectivity index (χ3v) is 6.29. The highest BCUT2D eigenvalue weighted by molar-refractivity contribution is 7.88. The number of aromatic nitrogens is 3. The van der Waals surface area contributed by atoms with E-state index in [1.165, 1.54) is 21.6 Å². The molecule has 2 heterocycles. The van der Waals surface area contributed by atoms with Crippen molar-refractivity contribution < 1.29 is 13.2 Å². The molecule has 1 atom stereocenters. The van der Waals surface area contributed by atoms with Gasteiger partial charge in [0.2, 0.25) is 15.9 Å². The Labute approximate surface area is 173 Å². The maximum atomic E-state index is 13.2. The van der Waals surface area contributed by atoms with Crippen LogP contribution in [0.25, 0.3) is 5.69 Å². The lowest BCUT2D eigenvalue weighted by molar-refractivity contribution is -0.120. The highest BCUT2D eigenvalue weighted by atomic mass is 35.5. The third-order valence-electron chi connectivity index (χ3n) is 4.82. The molecular formula is C19H18ClN5O3S. The number of halogens is 1. The van der Waals surface area contributed by atoms with Crippen LogP contribution in [0.4, 0.5) is 5.69 Å².